The zero-order chi connectivity index (χ0) is 18.2. The lowest BCUT2D eigenvalue weighted by Crippen LogP contribution is -2.87. The van der Waals surface area contributed by atoms with Gasteiger partial charge >= 0.3 is 6.03 Å². The number of carbonyl (C=O) groups excluding carboxylic acids is 2. The topological polar surface area (TPSA) is 97.2 Å². The number of ether oxygens (including phenoxy) is 1. The van der Waals surface area contributed by atoms with Gasteiger partial charge in [0.25, 0.3) is 5.91 Å². The van der Waals surface area contributed by atoms with E-state index in [1.807, 2.05) is 30.4 Å². The van der Waals surface area contributed by atoms with Crippen molar-refractivity contribution in [1.82, 2.24) is 10.6 Å². The number of benzene rings is 1. The third-order valence-corrected chi connectivity index (χ3v) is 4.23. The molecule has 0 radical (unpaired) electrons. The largest absolute Gasteiger partial charge is 0.496 e. The van der Waals surface area contributed by atoms with Crippen molar-refractivity contribution < 1.29 is 24.1 Å². The molecule has 0 saturated carbocycles. The summed E-state index contributed by atoms with van der Waals surface area (Å²) in [5, 5.41) is 6.70. The minimum Gasteiger partial charge on any atom is -0.496 e. The van der Waals surface area contributed by atoms with E-state index in [-0.39, 0.29) is 25.0 Å². The summed E-state index contributed by atoms with van der Waals surface area (Å²) < 4.78 is 11.2. The van der Waals surface area contributed by atoms with Crippen molar-refractivity contribution in [2.75, 3.05) is 13.7 Å². The van der Waals surface area contributed by atoms with E-state index in [2.05, 4.69) is 26.6 Å². The molecule has 0 fully saturated rings. The highest BCUT2D eigenvalue weighted by Crippen LogP contribution is 2.26. The van der Waals surface area contributed by atoms with Gasteiger partial charge in [-0.1, -0.05) is 0 Å². The Labute approximate surface area is 154 Å². The summed E-state index contributed by atoms with van der Waals surface area (Å²) in [5.41, 5.74) is 1.04. The molecule has 0 unspecified atom stereocenters. The van der Waals surface area contributed by atoms with Gasteiger partial charge in [0.15, 0.2) is 6.54 Å². The number of nitrogens with two attached hydrogens (primary N) is 1. The first-order valence-electron chi connectivity index (χ1n) is 7.76. The predicted molar refractivity (Wildman–Crippen MR) is 95.0 cm³/mol. The maximum Gasteiger partial charge on any atom is 0.321 e. The van der Waals surface area contributed by atoms with Gasteiger partial charge in [0.1, 0.15) is 17.6 Å². The highest BCUT2D eigenvalue weighted by Gasteiger charge is 2.15. The molecule has 1 heterocycles. The van der Waals surface area contributed by atoms with Crippen LogP contribution in [-0.2, 0) is 11.3 Å². The van der Waals surface area contributed by atoms with Gasteiger partial charge < -0.3 is 19.8 Å². The maximum atomic E-state index is 11.9. The average Bonchev–Trinajstić information content (AvgIpc) is 3.11. The Balaban J connectivity index is 1.75. The standard InChI is InChI=1S/C17H20BrN3O4/c1-11(12-5-6-15(24-2)14(18)8-12)19-10-16(22)21-17(23)20-9-13-4-3-7-25-13/h3-8,11,19H,9-10H2,1-2H3,(H2,20,21,22,23)/p+1/t11-/m1/s1. The quantitative estimate of drug-likeness (QED) is 0.646. The number of amides is 3. The Hall–Kier alpha value is -2.32. The van der Waals surface area contributed by atoms with Crippen molar-refractivity contribution in [3.8, 4) is 5.75 Å². The Bertz CT molecular complexity index is 719. The monoisotopic (exact) mass is 410 g/mol. The third-order valence-electron chi connectivity index (χ3n) is 3.61. The summed E-state index contributed by atoms with van der Waals surface area (Å²) in [6.45, 7) is 2.35. The zero-order valence-corrected chi connectivity index (χ0v) is 15.6. The van der Waals surface area contributed by atoms with Crippen molar-refractivity contribution in [3.05, 3.63) is 52.4 Å². The van der Waals surface area contributed by atoms with E-state index < -0.39 is 6.03 Å². The van der Waals surface area contributed by atoms with Crippen LogP contribution in [0.4, 0.5) is 4.79 Å². The molecule has 7 nitrogen and oxygen atoms in total. The molecule has 0 spiro atoms. The van der Waals surface area contributed by atoms with Gasteiger partial charge in [-0.05, 0) is 53.2 Å². The van der Waals surface area contributed by atoms with E-state index in [1.165, 1.54) is 6.26 Å². The minimum atomic E-state index is -0.547. The van der Waals surface area contributed by atoms with Crippen molar-refractivity contribution in [3.63, 3.8) is 0 Å². The van der Waals surface area contributed by atoms with Crippen LogP contribution < -0.4 is 20.7 Å². The minimum absolute atomic E-state index is 0.0548. The van der Waals surface area contributed by atoms with Crippen molar-refractivity contribution >= 4 is 27.9 Å². The molecule has 1 aromatic carbocycles. The second kappa shape index (κ2) is 9.24. The first kappa shape index (κ1) is 19.0. The maximum absolute atomic E-state index is 11.9. The summed E-state index contributed by atoms with van der Waals surface area (Å²) in [6.07, 6.45) is 1.52. The van der Waals surface area contributed by atoms with Crippen LogP contribution in [0.1, 0.15) is 24.3 Å². The summed E-state index contributed by atoms with van der Waals surface area (Å²) in [4.78, 5) is 23.5. The normalized spacial score (nSPS) is 11.6. The van der Waals surface area contributed by atoms with Crippen LogP contribution in [0.25, 0.3) is 0 Å². The molecule has 1 aromatic heterocycles. The number of rotatable bonds is 7. The van der Waals surface area contributed by atoms with E-state index in [0.717, 1.165) is 15.8 Å². The fraction of sp³-hybridized carbons (Fsp3) is 0.294. The van der Waals surface area contributed by atoms with Crippen molar-refractivity contribution in [2.45, 2.75) is 19.5 Å². The van der Waals surface area contributed by atoms with Crippen molar-refractivity contribution in [2.24, 2.45) is 0 Å². The van der Waals surface area contributed by atoms with Gasteiger partial charge in [-0.2, -0.15) is 0 Å². The van der Waals surface area contributed by atoms with Gasteiger partial charge in [0.2, 0.25) is 0 Å². The molecule has 3 amide bonds. The van der Waals surface area contributed by atoms with Gasteiger partial charge in [-0.3, -0.25) is 10.1 Å². The van der Waals surface area contributed by atoms with E-state index in [0.29, 0.717) is 5.76 Å². The molecule has 4 N–H and O–H groups in total. The molecule has 0 bridgehead atoms. The molecule has 8 heteroatoms. The molecule has 0 saturated heterocycles. The van der Waals surface area contributed by atoms with Crippen LogP contribution in [0, 0.1) is 0 Å². The number of hydrogen-bond donors (Lipinski definition) is 3. The second-order valence-electron chi connectivity index (χ2n) is 5.43. The number of hydrogen-bond acceptors (Lipinski definition) is 4. The van der Waals surface area contributed by atoms with Gasteiger partial charge in [-0.25, -0.2) is 4.79 Å². The molecule has 0 aliphatic rings. The molecule has 0 aliphatic heterocycles. The van der Waals surface area contributed by atoms with Crippen LogP contribution in [-0.4, -0.2) is 25.6 Å². The Morgan fingerprint density at radius 2 is 2.16 bits per heavy atom. The molecule has 134 valence electrons. The summed E-state index contributed by atoms with van der Waals surface area (Å²) in [5.74, 6) is 1.01. The first-order valence-corrected chi connectivity index (χ1v) is 8.55. The SMILES string of the molecule is COc1ccc([C@@H](C)[NH2+]CC(=O)NC(=O)NCc2ccco2)cc1Br. The first-order chi connectivity index (χ1) is 12.0. The van der Waals surface area contributed by atoms with Gasteiger partial charge in [0, 0.05) is 5.56 Å². The average molecular weight is 411 g/mol. The number of halogens is 1. The zero-order valence-electron chi connectivity index (χ0n) is 14.0. The van der Waals surface area contributed by atoms with Crippen LogP contribution in [0.3, 0.4) is 0 Å². The molecular weight excluding hydrogens is 390 g/mol. The number of urea groups is 1. The Morgan fingerprint density at radius 3 is 2.80 bits per heavy atom. The molecule has 2 aromatic rings. The van der Waals surface area contributed by atoms with E-state index in [1.54, 1.807) is 19.2 Å². The van der Waals surface area contributed by atoms with Crippen LogP contribution in [0.5, 0.6) is 5.75 Å². The molecule has 2 rings (SSSR count). The number of furan rings is 1. The van der Waals surface area contributed by atoms with E-state index >= 15 is 0 Å². The number of quaternary nitrogens is 1. The third kappa shape index (κ3) is 5.91. The number of carbonyl (C=O) groups is 2. The predicted octanol–water partition coefficient (Wildman–Crippen LogP) is 1.70. The molecule has 0 aliphatic carbocycles. The van der Waals surface area contributed by atoms with Crippen LogP contribution in [0.15, 0.2) is 45.5 Å². The molecule has 1 atom stereocenters. The number of nitrogens with one attached hydrogen (secondary N) is 2. The molecule has 25 heavy (non-hydrogen) atoms. The highest BCUT2D eigenvalue weighted by atomic mass is 79.9. The highest BCUT2D eigenvalue weighted by molar-refractivity contribution is 9.10. The molecular formula is C17H21BrN3O4+. The lowest BCUT2D eigenvalue weighted by atomic mass is 10.1. The Kier molecular flexibility index (Phi) is 7.03. The fourth-order valence-corrected chi connectivity index (χ4v) is 2.75. The number of imide groups is 1. The van der Waals surface area contributed by atoms with Crippen LogP contribution in [0.2, 0.25) is 0 Å². The van der Waals surface area contributed by atoms with E-state index in [9.17, 15) is 9.59 Å². The van der Waals surface area contributed by atoms with Gasteiger partial charge in [-0.15, -0.1) is 0 Å². The summed E-state index contributed by atoms with van der Waals surface area (Å²) in [7, 11) is 1.61. The Morgan fingerprint density at radius 1 is 1.36 bits per heavy atom. The number of methoxy groups -OCH3 is 1. The van der Waals surface area contributed by atoms with E-state index in [4.69, 9.17) is 9.15 Å². The summed E-state index contributed by atoms with van der Waals surface area (Å²) in [6, 6.07) is 8.74. The lowest BCUT2D eigenvalue weighted by molar-refractivity contribution is -0.682. The van der Waals surface area contributed by atoms with Crippen LogP contribution >= 0.6 is 15.9 Å². The fourth-order valence-electron chi connectivity index (χ4n) is 2.19. The summed E-state index contributed by atoms with van der Waals surface area (Å²) >= 11 is 3.44. The second-order valence-corrected chi connectivity index (χ2v) is 6.29. The lowest BCUT2D eigenvalue weighted by Gasteiger charge is -2.12. The van der Waals surface area contributed by atoms with Gasteiger partial charge in [0.05, 0.1) is 24.4 Å². The smallest absolute Gasteiger partial charge is 0.321 e. The van der Waals surface area contributed by atoms with Crippen molar-refractivity contribution in [1.29, 1.82) is 0 Å².